The molecule has 2 aromatic heterocycles. The maximum Gasteiger partial charge on any atom is 0.355 e. The summed E-state index contributed by atoms with van der Waals surface area (Å²) < 4.78 is 1.16. The van der Waals surface area contributed by atoms with Gasteiger partial charge in [0.15, 0.2) is 5.65 Å². The number of aromatic nitrogens is 4. The zero-order chi connectivity index (χ0) is 23.8. The van der Waals surface area contributed by atoms with Gasteiger partial charge in [0.05, 0.1) is 27.7 Å². The van der Waals surface area contributed by atoms with E-state index in [1.165, 1.54) is 17.3 Å². The molecule has 1 aliphatic rings. The van der Waals surface area contributed by atoms with Crippen molar-refractivity contribution >= 4 is 51.7 Å². The molecule has 1 aliphatic heterocycles. The Morgan fingerprint density at radius 2 is 1.91 bits per heavy atom. The van der Waals surface area contributed by atoms with Gasteiger partial charge in [0.2, 0.25) is 5.95 Å². The highest BCUT2D eigenvalue weighted by molar-refractivity contribution is 6.37. The van der Waals surface area contributed by atoms with E-state index >= 15 is 0 Å². The van der Waals surface area contributed by atoms with Crippen LogP contribution in [0.3, 0.4) is 0 Å². The first-order valence-electron chi connectivity index (χ1n) is 10.7. The van der Waals surface area contributed by atoms with Crippen LogP contribution in [-0.2, 0) is 13.0 Å². The Morgan fingerprint density at radius 1 is 1.12 bits per heavy atom. The van der Waals surface area contributed by atoms with Crippen molar-refractivity contribution in [2.24, 2.45) is 0 Å². The van der Waals surface area contributed by atoms with E-state index in [4.69, 9.17) is 28.9 Å². The summed E-state index contributed by atoms with van der Waals surface area (Å²) >= 11 is 12.5. The van der Waals surface area contributed by atoms with Gasteiger partial charge in [0.1, 0.15) is 5.82 Å². The van der Waals surface area contributed by atoms with Crippen LogP contribution in [0.4, 0.5) is 17.5 Å². The zero-order valence-electron chi connectivity index (χ0n) is 18.0. The Hall–Kier alpha value is -3.24. The van der Waals surface area contributed by atoms with Gasteiger partial charge in [-0.05, 0) is 41.8 Å². The van der Waals surface area contributed by atoms with Crippen LogP contribution in [0.15, 0.2) is 47.4 Å². The second-order valence-electron chi connectivity index (χ2n) is 7.97. The molecule has 0 unspecified atom stereocenters. The number of β-amino-alcohol motifs (C(OH)–C–C–N with tert-alkyl or cyclic N) is 1. The van der Waals surface area contributed by atoms with Crippen LogP contribution in [-0.4, -0.2) is 49.2 Å². The van der Waals surface area contributed by atoms with E-state index in [2.05, 4.69) is 37.3 Å². The molecular weight excluding hydrogens is 477 g/mol. The number of para-hydroxylation sites is 1. The van der Waals surface area contributed by atoms with Gasteiger partial charge < -0.3 is 16.2 Å². The second kappa shape index (κ2) is 9.19. The molecular formula is C23H21Cl2N7O2. The summed E-state index contributed by atoms with van der Waals surface area (Å²) in [5, 5.41) is 13.3. The number of nitrogens with two attached hydrogens (primary N) is 1. The molecule has 4 aromatic rings. The maximum absolute atomic E-state index is 12.8. The Bertz CT molecular complexity index is 1440. The fraction of sp³-hybridized carbons (Fsp3) is 0.217. The lowest BCUT2D eigenvalue weighted by Gasteiger charge is -2.28. The second-order valence-corrected chi connectivity index (χ2v) is 8.79. The molecule has 9 nitrogen and oxygen atoms in total. The molecule has 0 atom stereocenters. The molecule has 0 saturated heterocycles. The van der Waals surface area contributed by atoms with Gasteiger partial charge >= 0.3 is 5.69 Å². The fourth-order valence-electron chi connectivity index (χ4n) is 4.13. The molecule has 3 heterocycles. The van der Waals surface area contributed by atoms with Crippen molar-refractivity contribution in [3.05, 3.63) is 74.3 Å². The van der Waals surface area contributed by atoms with Crippen molar-refractivity contribution in [2.45, 2.75) is 13.0 Å². The first-order valence-corrected chi connectivity index (χ1v) is 11.4. The van der Waals surface area contributed by atoms with Crippen molar-refractivity contribution in [3.8, 4) is 5.69 Å². The number of anilines is 3. The van der Waals surface area contributed by atoms with E-state index in [1.54, 1.807) is 18.2 Å². The largest absolute Gasteiger partial charge is 0.395 e. The van der Waals surface area contributed by atoms with Crippen molar-refractivity contribution in [3.63, 3.8) is 0 Å². The van der Waals surface area contributed by atoms with Gasteiger partial charge in [-0.25, -0.2) is 14.3 Å². The van der Waals surface area contributed by atoms with Crippen LogP contribution < -0.4 is 16.7 Å². The number of hydrogen-bond acceptors (Lipinski definition) is 8. The number of benzene rings is 2. The highest BCUT2D eigenvalue weighted by Crippen LogP contribution is 2.31. The smallest absolute Gasteiger partial charge is 0.355 e. The molecule has 2 aromatic carbocycles. The average Bonchev–Trinajstić information content (AvgIpc) is 2.81. The number of nitrogen functional groups attached to an aromatic ring is 1. The summed E-state index contributed by atoms with van der Waals surface area (Å²) in [6.45, 7) is 2.54. The SMILES string of the molecule is Nc1c2cnc(Nc3ccc4c(c3)CCN(CCO)C4)nc2nc(=O)n1-c1c(Cl)cccc1Cl. The molecule has 0 fully saturated rings. The summed E-state index contributed by atoms with van der Waals surface area (Å²) in [7, 11) is 0. The van der Waals surface area contributed by atoms with Crippen LogP contribution in [0, 0.1) is 0 Å². The quantitative estimate of drug-likeness (QED) is 0.384. The monoisotopic (exact) mass is 497 g/mol. The molecule has 0 radical (unpaired) electrons. The highest BCUT2D eigenvalue weighted by Gasteiger charge is 2.18. The van der Waals surface area contributed by atoms with Crippen LogP contribution in [0.1, 0.15) is 11.1 Å². The molecule has 11 heteroatoms. The van der Waals surface area contributed by atoms with Gasteiger partial charge in [0, 0.05) is 31.5 Å². The Kier molecular flexibility index (Phi) is 6.09. The predicted octanol–water partition coefficient (Wildman–Crippen LogP) is 3.16. The van der Waals surface area contributed by atoms with Crippen molar-refractivity contribution < 1.29 is 5.11 Å². The van der Waals surface area contributed by atoms with E-state index in [0.717, 1.165) is 29.8 Å². The molecule has 0 amide bonds. The lowest BCUT2D eigenvalue weighted by Crippen LogP contribution is -2.32. The maximum atomic E-state index is 12.8. The molecule has 174 valence electrons. The van der Waals surface area contributed by atoms with Crippen LogP contribution >= 0.6 is 23.2 Å². The number of rotatable bonds is 5. The topological polar surface area (TPSA) is 122 Å². The first-order chi connectivity index (χ1) is 16.4. The number of fused-ring (bicyclic) bond motifs is 2. The molecule has 0 aliphatic carbocycles. The van der Waals surface area contributed by atoms with Crippen molar-refractivity contribution in [1.29, 1.82) is 0 Å². The third-order valence-electron chi connectivity index (χ3n) is 5.81. The highest BCUT2D eigenvalue weighted by atomic mass is 35.5. The first kappa shape index (κ1) is 22.5. The van der Waals surface area contributed by atoms with Gasteiger partial charge in [-0.2, -0.15) is 9.97 Å². The van der Waals surface area contributed by atoms with Crippen molar-refractivity contribution in [2.75, 3.05) is 30.7 Å². The minimum atomic E-state index is -0.647. The number of nitrogens with zero attached hydrogens (tertiary/aromatic N) is 5. The third-order valence-corrected chi connectivity index (χ3v) is 6.42. The molecule has 34 heavy (non-hydrogen) atoms. The van der Waals surface area contributed by atoms with Crippen LogP contribution in [0.5, 0.6) is 0 Å². The van der Waals surface area contributed by atoms with Gasteiger partial charge in [-0.3, -0.25) is 4.90 Å². The minimum Gasteiger partial charge on any atom is -0.395 e. The Labute approximate surface area is 204 Å². The summed E-state index contributed by atoms with van der Waals surface area (Å²) in [6.07, 6.45) is 2.41. The van der Waals surface area contributed by atoms with E-state index in [-0.39, 0.29) is 33.8 Å². The molecule has 4 N–H and O–H groups in total. The third kappa shape index (κ3) is 4.19. The lowest BCUT2D eigenvalue weighted by atomic mass is 9.99. The van der Waals surface area contributed by atoms with Gasteiger partial charge in [0.25, 0.3) is 0 Å². The Morgan fingerprint density at radius 3 is 2.68 bits per heavy atom. The number of halogens is 2. The Balaban J connectivity index is 1.46. The summed E-state index contributed by atoms with van der Waals surface area (Å²) in [6, 6.07) is 11.0. The molecule has 5 rings (SSSR count). The van der Waals surface area contributed by atoms with Crippen molar-refractivity contribution in [1.82, 2.24) is 24.4 Å². The van der Waals surface area contributed by atoms with E-state index < -0.39 is 5.69 Å². The number of nitrogens with one attached hydrogen (secondary N) is 1. The van der Waals surface area contributed by atoms with E-state index in [1.807, 2.05) is 6.07 Å². The number of aliphatic hydroxyl groups is 1. The van der Waals surface area contributed by atoms with Crippen LogP contribution in [0.25, 0.3) is 16.7 Å². The standard InChI is InChI=1S/C23H21Cl2N7O2/c24-17-2-1-3-18(25)19(17)32-20(26)16-11-27-22(29-21(16)30-23(32)34)28-15-5-4-14-12-31(8-9-33)7-6-13(14)10-15/h1-5,10-11,33H,6-9,12,26H2,(H,28,29,30,34). The fourth-order valence-corrected chi connectivity index (χ4v) is 4.70. The normalized spacial score (nSPS) is 13.7. The van der Waals surface area contributed by atoms with Crippen LogP contribution in [0.2, 0.25) is 10.0 Å². The number of aliphatic hydroxyl groups excluding tert-OH is 1. The van der Waals surface area contributed by atoms with E-state index in [9.17, 15) is 9.90 Å². The summed E-state index contributed by atoms with van der Waals surface area (Å²) in [4.78, 5) is 27.9. The summed E-state index contributed by atoms with van der Waals surface area (Å²) in [5.41, 5.74) is 9.37. The minimum absolute atomic E-state index is 0.0952. The molecule has 0 saturated carbocycles. The molecule has 0 spiro atoms. The number of hydrogen-bond donors (Lipinski definition) is 3. The predicted molar refractivity (Wildman–Crippen MR) is 133 cm³/mol. The zero-order valence-corrected chi connectivity index (χ0v) is 19.5. The van der Waals surface area contributed by atoms with Gasteiger partial charge in [-0.15, -0.1) is 0 Å². The summed E-state index contributed by atoms with van der Waals surface area (Å²) in [5.74, 6) is 0.391. The molecule has 0 bridgehead atoms. The van der Waals surface area contributed by atoms with Gasteiger partial charge in [-0.1, -0.05) is 35.3 Å². The average molecular weight is 498 g/mol. The lowest BCUT2D eigenvalue weighted by molar-refractivity contribution is 0.184. The van der Waals surface area contributed by atoms with E-state index in [0.29, 0.717) is 17.9 Å².